The zero-order valence-corrected chi connectivity index (χ0v) is 17.9. The van der Waals surface area contributed by atoms with E-state index >= 15 is 4.39 Å². The lowest BCUT2D eigenvalue weighted by Gasteiger charge is -2.28. The quantitative estimate of drug-likeness (QED) is 0.547. The fourth-order valence-corrected chi connectivity index (χ4v) is 4.63. The van der Waals surface area contributed by atoms with Crippen LogP contribution in [0.2, 0.25) is 0 Å². The van der Waals surface area contributed by atoms with Gasteiger partial charge in [0.1, 0.15) is 17.7 Å². The van der Waals surface area contributed by atoms with E-state index in [4.69, 9.17) is 4.74 Å². The Kier molecular flexibility index (Phi) is 5.37. The van der Waals surface area contributed by atoms with Crippen LogP contribution in [0.3, 0.4) is 0 Å². The summed E-state index contributed by atoms with van der Waals surface area (Å²) in [5.74, 6) is 0.0744. The van der Waals surface area contributed by atoms with Crippen molar-refractivity contribution in [3.63, 3.8) is 0 Å². The lowest BCUT2D eigenvalue weighted by Crippen LogP contribution is -2.17. The molecule has 5 rings (SSSR count). The van der Waals surface area contributed by atoms with Gasteiger partial charge in [0.15, 0.2) is 0 Å². The molecule has 2 heterocycles. The molecule has 0 amide bonds. The number of carboxylic acid groups (broad SMARTS) is 1. The van der Waals surface area contributed by atoms with Crippen LogP contribution in [0.25, 0.3) is 11.3 Å². The van der Waals surface area contributed by atoms with E-state index in [2.05, 4.69) is 9.97 Å². The smallest absolute Gasteiger partial charge is 0.303 e. The lowest BCUT2D eigenvalue weighted by atomic mass is 9.88. The maximum atomic E-state index is 15.1. The highest BCUT2D eigenvalue weighted by Crippen LogP contribution is 2.46. The topological polar surface area (TPSA) is 72.3 Å². The Bertz CT molecular complexity index is 1180. The molecule has 1 saturated carbocycles. The Morgan fingerprint density at radius 3 is 2.75 bits per heavy atom. The van der Waals surface area contributed by atoms with E-state index in [0.717, 1.165) is 41.8 Å². The summed E-state index contributed by atoms with van der Waals surface area (Å²) in [6.45, 7) is 1.85. The van der Waals surface area contributed by atoms with E-state index in [1.807, 2.05) is 31.2 Å². The molecule has 1 aliphatic carbocycles. The van der Waals surface area contributed by atoms with Crippen molar-refractivity contribution in [1.29, 1.82) is 0 Å². The van der Waals surface area contributed by atoms with Crippen LogP contribution in [0.1, 0.15) is 60.1 Å². The number of aryl methyl sites for hydroxylation is 2. The van der Waals surface area contributed by atoms with Crippen molar-refractivity contribution in [1.82, 2.24) is 9.97 Å². The monoisotopic (exact) mass is 432 g/mol. The fraction of sp³-hybridized carbons (Fsp3) is 0.346. The van der Waals surface area contributed by atoms with E-state index in [1.165, 1.54) is 6.07 Å². The first-order valence-electron chi connectivity index (χ1n) is 11.1. The number of halogens is 1. The number of hydrogen-bond acceptors (Lipinski definition) is 4. The third-order valence-corrected chi connectivity index (χ3v) is 6.45. The van der Waals surface area contributed by atoms with Crippen LogP contribution in [-0.4, -0.2) is 21.0 Å². The highest BCUT2D eigenvalue weighted by atomic mass is 19.1. The standard InChI is InChI=1S/C26H25FN2O3/c1-15-13-28-14-23(29-15)19-6-8-20(22(27)10-19)24-9-7-17-4-5-18(11-25(17)32-24)21(12-26(30)31)16-2-3-16/h4-6,8,10-11,13-14,16,21,24H,2-3,7,9,12H2,1H3,(H,30,31). The molecule has 6 heteroatoms. The molecule has 164 valence electrons. The van der Waals surface area contributed by atoms with Crippen molar-refractivity contribution < 1.29 is 19.0 Å². The number of benzene rings is 2. The van der Waals surface area contributed by atoms with Gasteiger partial charge in [-0.05, 0) is 67.7 Å². The molecule has 0 saturated heterocycles. The summed E-state index contributed by atoms with van der Waals surface area (Å²) in [5, 5.41) is 9.32. The van der Waals surface area contributed by atoms with Gasteiger partial charge in [0, 0.05) is 17.3 Å². The molecule has 2 aliphatic rings. The molecule has 1 aliphatic heterocycles. The molecule has 2 atom stereocenters. The van der Waals surface area contributed by atoms with Crippen LogP contribution in [0, 0.1) is 18.7 Å². The first-order valence-corrected chi connectivity index (χ1v) is 11.1. The number of ether oxygens (including phenoxy) is 1. The van der Waals surface area contributed by atoms with Gasteiger partial charge in [-0.1, -0.05) is 24.3 Å². The number of carbonyl (C=O) groups is 1. The highest BCUT2D eigenvalue weighted by molar-refractivity contribution is 5.68. The van der Waals surface area contributed by atoms with Crippen molar-refractivity contribution >= 4 is 5.97 Å². The van der Waals surface area contributed by atoms with Gasteiger partial charge in [0.2, 0.25) is 0 Å². The molecular formula is C26H25FN2O3. The van der Waals surface area contributed by atoms with E-state index < -0.39 is 5.97 Å². The van der Waals surface area contributed by atoms with Crippen LogP contribution in [0.15, 0.2) is 48.8 Å². The molecular weight excluding hydrogens is 407 g/mol. The third kappa shape index (κ3) is 4.22. The van der Waals surface area contributed by atoms with Crippen LogP contribution in [0.4, 0.5) is 4.39 Å². The molecule has 5 nitrogen and oxygen atoms in total. The summed E-state index contributed by atoms with van der Waals surface area (Å²) >= 11 is 0. The maximum absolute atomic E-state index is 15.1. The Morgan fingerprint density at radius 1 is 1.19 bits per heavy atom. The molecule has 32 heavy (non-hydrogen) atoms. The molecule has 1 fully saturated rings. The Hall–Kier alpha value is -3.28. The fourth-order valence-electron chi connectivity index (χ4n) is 4.63. The second-order valence-corrected chi connectivity index (χ2v) is 8.84. The number of aromatic nitrogens is 2. The highest BCUT2D eigenvalue weighted by Gasteiger charge is 2.34. The maximum Gasteiger partial charge on any atom is 0.303 e. The number of rotatable bonds is 6. The van der Waals surface area contributed by atoms with Gasteiger partial charge in [0.05, 0.1) is 24.0 Å². The SMILES string of the molecule is Cc1cncc(-c2ccc(C3CCc4ccc(C(CC(=O)O)C5CC5)cc4O3)c(F)c2)n1. The van der Waals surface area contributed by atoms with Crippen molar-refractivity contribution in [3.05, 3.63) is 77.0 Å². The predicted molar refractivity (Wildman–Crippen MR) is 118 cm³/mol. The minimum Gasteiger partial charge on any atom is -0.485 e. The summed E-state index contributed by atoms with van der Waals surface area (Å²) < 4.78 is 21.3. The van der Waals surface area contributed by atoms with Crippen molar-refractivity contribution in [2.24, 2.45) is 5.92 Å². The van der Waals surface area contributed by atoms with E-state index in [1.54, 1.807) is 18.5 Å². The summed E-state index contributed by atoms with van der Waals surface area (Å²) in [7, 11) is 0. The molecule has 1 aromatic heterocycles. The summed E-state index contributed by atoms with van der Waals surface area (Å²) in [5.41, 5.74) is 4.71. The molecule has 1 N–H and O–H groups in total. The number of fused-ring (bicyclic) bond motifs is 1. The molecule has 2 unspecified atom stereocenters. The van der Waals surface area contributed by atoms with Gasteiger partial charge in [-0.25, -0.2) is 9.37 Å². The van der Waals surface area contributed by atoms with Crippen molar-refractivity contribution in [2.45, 2.75) is 51.0 Å². The number of carboxylic acids is 1. The van der Waals surface area contributed by atoms with Crippen LogP contribution in [0.5, 0.6) is 5.75 Å². The zero-order valence-electron chi connectivity index (χ0n) is 17.9. The lowest BCUT2D eigenvalue weighted by molar-refractivity contribution is -0.137. The normalized spacial score (nSPS) is 18.5. The number of aliphatic carboxylic acids is 1. The Labute approximate surface area is 186 Å². The largest absolute Gasteiger partial charge is 0.485 e. The van der Waals surface area contributed by atoms with E-state index in [9.17, 15) is 9.90 Å². The van der Waals surface area contributed by atoms with Gasteiger partial charge >= 0.3 is 5.97 Å². The van der Waals surface area contributed by atoms with Crippen LogP contribution < -0.4 is 4.74 Å². The molecule has 0 spiro atoms. The van der Waals surface area contributed by atoms with Crippen LogP contribution >= 0.6 is 0 Å². The van der Waals surface area contributed by atoms with E-state index in [0.29, 0.717) is 29.2 Å². The van der Waals surface area contributed by atoms with Gasteiger partial charge in [-0.15, -0.1) is 0 Å². The second kappa shape index (κ2) is 8.34. The summed E-state index contributed by atoms with van der Waals surface area (Å²) in [6.07, 6.45) is 6.66. The van der Waals surface area contributed by atoms with E-state index in [-0.39, 0.29) is 24.3 Å². The Morgan fingerprint density at radius 2 is 2.03 bits per heavy atom. The first-order chi connectivity index (χ1) is 15.5. The minimum absolute atomic E-state index is 0.00762. The number of hydrogen-bond donors (Lipinski definition) is 1. The molecule has 2 aromatic carbocycles. The molecule has 0 bridgehead atoms. The Balaban J connectivity index is 1.39. The average Bonchev–Trinajstić information content (AvgIpc) is 3.62. The second-order valence-electron chi connectivity index (χ2n) is 8.84. The average molecular weight is 432 g/mol. The predicted octanol–water partition coefficient (Wildman–Crippen LogP) is 5.63. The number of nitrogens with zero attached hydrogens (tertiary/aromatic N) is 2. The van der Waals surface area contributed by atoms with Crippen LogP contribution in [-0.2, 0) is 11.2 Å². The van der Waals surface area contributed by atoms with Crippen molar-refractivity contribution in [2.75, 3.05) is 0 Å². The van der Waals surface area contributed by atoms with Gasteiger partial charge in [-0.3, -0.25) is 9.78 Å². The third-order valence-electron chi connectivity index (χ3n) is 6.45. The molecule has 3 aromatic rings. The minimum atomic E-state index is -0.779. The molecule has 0 radical (unpaired) electrons. The van der Waals surface area contributed by atoms with Gasteiger partial charge in [-0.2, -0.15) is 0 Å². The summed E-state index contributed by atoms with van der Waals surface area (Å²) in [4.78, 5) is 19.9. The van der Waals surface area contributed by atoms with Gasteiger partial charge in [0.25, 0.3) is 0 Å². The summed E-state index contributed by atoms with van der Waals surface area (Å²) in [6, 6.07) is 11.2. The van der Waals surface area contributed by atoms with Gasteiger partial charge < -0.3 is 9.84 Å². The first kappa shape index (κ1) is 20.6. The van der Waals surface area contributed by atoms with Crippen molar-refractivity contribution in [3.8, 4) is 17.0 Å². The zero-order chi connectivity index (χ0) is 22.2.